The van der Waals surface area contributed by atoms with E-state index in [0.717, 1.165) is 16.3 Å². The number of para-hydroxylation sites is 1. The Hall–Kier alpha value is -3.98. The van der Waals surface area contributed by atoms with E-state index in [1.807, 2.05) is 19.1 Å². The molecule has 0 radical (unpaired) electrons. The largest absolute Gasteiger partial charge is 0.512 e. The maximum absolute atomic E-state index is 13.9. The quantitative estimate of drug-likeness (QED) is 0.515. The molecule has 2 aliphatic heterocycles. The van der Waals surface area contributed by atoms with E-state index in [4.69, 9.17) is 14.2 Å². The molecule has 174 valence electrons. The van der Waals surface area contributed by atoms with E-state index in [9.17, 15) is 18.3 Å². The highest BCUT2D eigenvalue weighted by molar-refractivity contribution is 7.93. The van der Waals surface area contributed by atoms with Gasteiger partial charge in [0, 0.05) is 5.56 Å². The number of ether oxygens (including phenoxy) is 3. The summed E-state index contributed by atoms with van der Waals surface area (Å²) in [4.78, 5) is 11.9. The van der Waals surface area contributed by atoms with Crippen LogP contribution in [-0.2, 0) is 21.2 Å². The van der Waals surface area contributed by atoms with Crippen LogP contribution in [0.25, 0.3) is 5.57 Å². The van der Waals surface area contributed by atoms with Gasteiger partial charge in [-0.1, -0.05) is 55.8 Å². The van der Waals surface area contributed by atoms with Crippen molar-refractivity contribution in [2.24, 2.45) is 0 Å². The Balaban J connectivity index is 1.86. The first-order valence-corrected chi connectivity index (χ1v) is 12.1. The van der Waals surface area contributed by atoms with Crippen molar-refractivity contribution in [1.82, 2.24) is 0 Å². The van der Waals surface area contributed by atoms with Gasteiger partial charge in [-0.25, -0.2) is 17.5 Å². The molecule has 0 unspecified atom stereocenters. The van der Waals surface area contributed by atoms with Gasteiger partial charge in [0.1, 0.15) is 0 Å². The predicted molar refractivity (Wildman–Crippen MR) is 124 cm³/mol. The molecule has 34 heavy (non-hydrogen) atoms. The van der Waals surface area contributed by atoms with Crippen LogP contribution in [0.2, 0.25) is 0 Å². The number of benzene rings is 3. The minimum atomic E-state index is -4.19. The Kier molecular flexibility index (Phi) is 5.41. The summed E-state index contributed by atoms with van der Waals surface area (Å²) in [6.45, 7) is 2.05. The summed E-state index contributed by atoms with van der Waals surface area (Å²) in [5.41, 5.74) is 2.28. The van der Waals surface area contributed by atoms with Gasteiger partial charge in [-0.2, -0.15) is 0 Å². The van der Waals surface area contributed by atoms with Crippen molar-refractivity contribution < 1.29 is 32.5 Å². The number of hydrogen-bond acceptors (Lipinski definition) is 6. The van der Waals surface area contributed by atoms with Crippen LogP contribution in [0, 0.1) is 0 Å². The van der Waals surface area contributed by atoms with Crippen LogP contribution in [0.5, 0.6) is 11.5 Å². The summed E-state index contributed by atoms with van der Waals surface area (Å²) in [5.74, 6) is 0.712. The number of sulfonamides is 1. The van der Waals surface area contributed by atoms with Gasteiger partial charge in [0.2, 0.25) is 12.7 Å². The lowest BCUT2D eigenvalue weighted by Gasteiger charge is -2.33. The number of fused-ring (bicyclic) bond motifs is 2. The minimum Gasteiger partial charge on any atom is -0.454 e. The second-order valence-electron chi connectivity index (χ2n) is 7.76. The number of rotatable bonds is 5. The lowest BCUT2D eigenvalue weighted by molar-refractivity contribution is 0.119. The highest BCUT2D eigenvalue weighted by Gasteiger charge is 2.41. The zero-order valence-corrected chi connectivity index (χ0v) is 19.0. The molecule has 0 spiro atoms. The van der Waals surface area contributed by atoms with Crippen LogP contribution in [-0.4, -0.2) is 26.5 Å². The zero-order chi connectivity index (χ0) is 23.9. The molecule has 2 aliphatic rings. The van der Waals surface area contributed by atoms with E-state index in [2.05, 4.69) is 0 Å². The Labute approximate surface area is 196 Å². The number of carbonyl (C=O) groups is 1. The molecule has 9 heteroatoms. The third kappa shape index (κ3) is 3.54. The number of carboxylic acid groups (broad SMARTS) is 1. The first-order valence-electron chi connectivity index (χ1n) is 10.7. The lowest BCUT2D eigenvalue weighted by Crippen LogP contribution is -2.37. The maximum Gasteiger partial charge on any atom is 0.512 e. The first kappa shape index (κ1) is 21.8. The molecule has 0 fully saturated rings. The Bertz CT molecular complexity index is 1430. The van der Waals surface area contributed by atoms with Gasteiger partial charge in [-0.15, -0.1) is 0 Å². The molecule has 2 heterocycles. The van der Waals surface area contributed by atoms with Crippen molar-refractivity contribution in [2.75, 3.05) is 11.1 Å². The van der Waals surface area contributed by atoms with Gasteiger partial charge in [-0.3, -0.25) is 0 Å². The van der Waals surface area contributed by atoms with Crippen LogP contribution in [0.1, 0.15) is 30.0 Å². The number of hydrogen-bond donors (Lipinski definition) is 1. The van der Waals surface area contributed by atoms with Crippen LogP contribution < -0.4 is 13.8 Å². The minimum absolute atomic E-state index is 0.0479. The van der Waals surface area contributed by atoms with Crippen molar-refractivity contribution >= 4 is 27.4 Å². The van der Waals surface area contributed by atoms with E-state index in [1.165, 1.54) is 6.07 Å². The normalized spacial score (nSPS) is 15.7. The summed E-state index contributed by atoms with van der Waals surface area (Å²) in [6.07, 6.45) is -0.250. The molecule has 0 saturated carbocycles. The average Bonchev–Trinajstić information content (AvgIpc) is 3.28. The molecule has 0 aliphatic carbocycles. The van der Waals surface area contributed by atoms with Gasteiger partial charge in [0.15, 0.2) is 11.5 Å². The number of anilines is 1. The van der Waals surface area contributed by atoms with Gasteiger partial charge < -0.3 is 19.3 Å². The van der Waals surface area contributed by atoms with Crippen molar-refractivity contribution in [2.45, 2.75) is 24.7 Å². The molecule has 3 aromatic carbocycles. The highest BCUT2D eigenvalue weighted by atomic mass is 32.2. The molecule has 0 saturated heterocycles. The maximum atomic E-state index is 13.9. The highest BCUT2D eigenvalue weighted by Crippen LogP contribution is 2.45. The molecule has 0 atom stereocenters. The molecule has 0 bridgehead atoms. The lowest BCUT2D eigenvalue weighted by atomic mass is 9.97. The first-order chi connectivity index (χ1) is 16.4. The average molecular weight is 480 g/mol. The Morgan fingerprint density at radius 3 is 2.56 bits per heavy atom. The van der Waals surface area contributed by atoms with Crippen LogP contribution in [0.4, 0.5) is 10.5 Å². The smallest absolute Gasteiger partial charge is 0.454 e. The standard InChI is InChI=1S/C25H21NO7S/c1-2-7-16-8-3-5-10-19(16)26-24(33-25(27)28)23(17-12-13-20-21(14-17)32-15-31-20)18-9-4-6-11-22(18)34(26,29)30/h3-6,8-14H,2,7,15H2,1H3,(H,27,28). The van der Waals surface area contributed by atoms with Gasteiger partial charge in [0.05, 0.1) is 16.2 Å². The summed E-state index contributed by atoms with van der Waals surface area (Å²) in [5, 5.41) is 9.62. The van der Waals surface area contributed by atoms with Crippen LogP contribution in [0.15, 0.2) is 77.5 Å². The topological polar surface area (TPSA) is 102 Å². The van der Waals surface area contributed by atoms with E-state index in [1.54, 1.807) is 48.5 Å². The third-order valence-corrected chi connectivity index (χ3v) is 7.40. The number of nitrogens with zero attached hydrogens (tertiary/aromatic N) is 1. The molecule has 3 aromatic rings. The van der Waals surface area contributed by atoms with Crippen LogP contribution >= 0.6 is 0 Å². The van der Waals surface area contributed by atoms with Crippen molar-refractivity contribution in [3.8, 4) is 11.5 Å². The van der Waals surface area contributed by atoms with Crippen molar-refractivity contribution in [1.29, 1.82) is 0 Å². The SMILES string of the molecule is CCCc1ccccc1N1C(OC(=O)O)=C(c2ccc3c(c2)OCO3)c2ccccc2S1(=O)=O. The van der Waals surface area contributed by atoms with Crippen molar-refractivity contribution in [3.63, 3.8) is 0 Å². The van der Waals surface area contributed by atoms with Crippen LogP contribution in [0.3, 0.4) is 0 Å². The predicted octanol–water partition coefficient (Wildman–Crippen LogP) is 4.99. The molecular weight excluding hydrogens is 458 g/mol. The fourth-order valence-electron chi connectivity index (χ4n) is 4.26. The van der Waals surface area contributed by atoms with E-state index < -0.39 is 16.2 Å². The Morgan fingerprint density at radius 1 is 1.03 bits per heavy atom. The fourth-order valence-corrected chi connectivity index (χ4v) is 5.94. The molecule has 0 aromatic heterocycles. The summed E-state index contributed by atoms with van der Waals surface area (Å²) in [6, 6.07) is 18.6. The molecule has 5 rings (SSSR count). The fraction of sp³-hybridized carbons (Fsp3) is 0.160. The monoisotopic (exact) mass is 479 g/mol. The number of aryl methyl sites for hydroxylation is 1. The molecule has 0 amide bonds. The van der Waals surface area contributed by atoms with Gasteiger partial charge >= 0.3 is 6.16 Å². The van der Waals surface area contributed by atoms with E-state index >= 15 is 0 Å². The van der Waals surface area contributed by atoms with Crippen molar-refractivity contribution in [3.05, 3.63) is 89.3 Å². The molecule has 1 N–H and O–H groups in total. The van der Waals surface area contributed by atoms with Gasteiger partial charge in [0.25, 0.3) is 10.0 Å². The Morgan fingerprint density at radius 2 is 1.76 bits per heavy atom. The third-order valence-electron chi connectivity index (χ3n) is 5.65. The molecule has 8 nitrogen and oxygen atoms in total. The van der Waals surface area contributed by atoms with E-state index in [-0.39, 0.29) is 17.6 Å². The second kappa shape index (κ2) is 8.42. The summed E-state index contributed by atoms with van der Waals surface area (Å²) >= 11 is 0. The van der Waals surface area contributed by atoms with E-state index in [0.29, 0.717) is 40.3 Å². The molecular formula is C25H21NO7S. The summed E-state index contributed by atoms with van der Waals surface area (Å²) < 4.78 is 44.9. The van der Waals surface area contributed by atoms with Gasteiger partial charge in [-0.05, 0) is 41.8 Å². The second-order valence-corrected chi connectivity index (χ2v) is 9.52. The summed E-state index contributed by atoms with van der Waals surface area (Å²) in [7, 11) is -4.19. The zero-order valence-electron chi connectivity index (χ0n) is 18.2.